The number of nitrogens with two attached hydrogens (primary N) is 1. The van der Waals surface area contributed by atoms with Gasteiger partial charge in [0.1, 0.15) is 18.4 Å². The number of carboxylic acid groups (broad SMARTS) is 1. The predicted molar refractivity (Wildman–Crippen MR) is 141 cm³/mol. The first kappa shape index (κ1) is 26.7. The average molecular weight is 509 g/mol. The van der Waals surface area contributed by atoms with Crippen LogP contribution < -0.4 is 15.4 Å². The first-order valence-corrected chi connectivity index (χ1v) is 14.5. The van der Waals surface area contributed by atoms with Crippen molar-refractivity contribution in [1.29, 1.82) is 0 Å². The smallest absolute Gasteiger partial charge is 0.324 e. The van der Waals surface area contributed by atoms with Crippen molar-refractivity contribution in [2.24, 2.45) is 11.1 Å². The number of nitrogens with zero attached hydrogens (tertiary/aromatic N) is 1. The van der Waals surface area contributed by atoms with E-state index >= 15 is 0 Å². The van der Waals surface area contributed by atoms with Gasteiger partial charge in [-0.2, -0.15) is 10.6 Å². The Morgan fingerprint density at radius 2 is 1.97 bits per heavy atom. The van der Waals surface area contributed by atoms with Gasteiger partial charge in [0.05, 0.1) is 15.5 Å². The molecule has 0 aliphatic carbocycles. The molecule has 0 bridgehead atoms. The van der Waals surface area contributed by atoms with Crippen LogP contribution in [0.3, 0.4) is 0 Å². The summed E-state index contributed by atoms with van der Waals surface area (Å²) < 4.78 is 28.8. The second kappa shape index (κ2) is 11.2. The maximum Gasteiger partial charge on any atom is 0.324 e. The van der Waals surface area contributed by atoms with Crippen LogP contribution in [-0.4, -0.2) is 51.4 Å². The van der Waals surface area contributed by atoms with Gasteiger partial charge in [-0.1, -0.05) is 44.9 Å². The number of unbranched alkanes of at least 4 members (excludes halogenated alkanes) is 1. The predicted octanol–water partition coefficient (Wildman–Crippen LogP) is 6.05. The SMILES string of the molecule is CCCC[C@@]1(CC)CN(c2ccccc2)c2cc(SC)c(OC[C@@H](N)C(=O)O)cc2S(O)(O)C1. The Morgan fingerprint density at radius 3 is 2.56 bits per heavy atom. The van der Waals surface area contributed by atoms with Crippen LogP contribution in [0.1, 0.15) is 39.5 Å². The zero-order valence-electron chi connectivity index (χ0n) is 20.1. The molecule has 1 heterocycles. The van der Waals surface area contributed by atoms with Crippen molar-refractivity contribution in [3.63, 3.8) is 0 Å². The van der Waals surface area contributed by atoms with Gasteiger partial charge in [-0.05, 0) is 37.3 Å². The highest BCUT2D eigenvalue weighted by Crippen LogP contribution is 2.62. The fourth-order valence-electron chi connectivity index (χ4n) is 4.43. The van der Waals surface area contributed by atoms with Crippen LogP contribution in [0.25, 0.3) is 0 Å². The summed E-state index contributed by atoms with van der Waals surface area (Å²) in [5, 5.41) is 9.12. The molecule has 34 heavy (non-hydrogen) atoms. The van der Waals surface area contributed by atoms with Crippen molar-refractivity contribution in [2.45, 2.75) is 55.4 Å². The highest BCUT2D eigenvalue weighted by atomic mass is 32.3. The number of hydrogen-bond donors (Lipinski definition) is 4. The van der Waals surface area contributed by atoms with E-state index < -0.39 is 22.6 Å². The molecule has 0 unspecified atom stereocenters. The van der Waals surface area contributed by atoms with E-state index in [0.29, 0.717) is 17.2 Å². The number of anilines is 2. The summed E-state index contributed by atoms with van der Waals surface area (Å²) >= 11 is 1.46. The lowest BCUT2D eigenvalue weighted by Gasteiger charge is -2.41. The number of carboxylic acids is 1. The Bertz CT molecular complexity index is 989. The molecule has 0 saturated heterocycles. The van der Waals surface area contributed by atoms with Gasteiger partial charge in [-0.3, -0.25) is 13.9 Å². The molecule has 2 atom stereocenters. The van der Waals surface area contributed by atoms with Gasteiger partial charge >= 0.3 is 5.97 Å². The third-order valence-corrected chi connectivity index (χ3v) is 9.31. The molecule has 1 aliphatic rings. The van der Waals surface area contributed by atoms with Crippen molar-refractivity contribution in [3.8, 4) is 5.75 Å². The van der Waals surface area contributed by atoms with E-state index in [1.807, 2.05) is 42.7 Å². The molecule has 0 radical (unpaired) electrons. The van der Waals surface area contributed by atoms with Gasteiger partial charge in [0, 0.05) is 29.5 Å². The Balaban J connectivity index is 2.16. The maximum absolute atomic E-state index is 11.5. The molecule has 5 N–H and O–H groups in total. The van der Waals surface area contributed by atoms with E-state index in [9.17, 15) is 13.9 Å². The molecule has 1 aliphatic heterocycles. The molecule has 0 aromatic heterocycles. The third kappa shape index (κ3) is 5.83. The highest BCUT2D eigenvalue weighted by Gasteiger charge is 2.42. The van der Waals surface area contributed by atoms with Crippen LogP contribution in [0, 0.1) is 5.41 Å². The lowest BCUT2D eigenvalue weighted by Crippen LogP contribution is -2.37. The molecule has 2 aromatic rings. The van der Waals surface area contributed by atoms with Crippen LogP contribution in [-0.2, 0) is 4.79 Å². The van der Waals surface area contributed by atoms with Gasteiger partial charge in [0.15, 0.2) is 0 Å². The fraction of sp³-hybridized carbons (Fsp3) is 0.480. The van der Waals surface area contributed by atoms with Crippen molar-refractivity contribution in [3.05, 3.63) is 42.5 Å². The molecule has 0 saturated carbocycles. The third-order valence-electron chi connectivity index (χ3n) is 6.50. The number of hydrogen-bond acceptors (Lipinski definition) is 7. The molecule has 2 aromatic carbocycles. The van der Waals surface area contributed by atoms with Crippen LogP contribution in [0.15, 0.2) is 52.3 Å². The molecule has 3 rings (SSSR count). The van der Waals surface area contributed by atoms with Gasteiger partial charge in [-0.25, -0.2) is 0 Å². The van der Waals surface area contributed by atoms with Gasteiger partial charge in [0.2, 0.25) is 0 Å². The number of rotatable bonds is 10. The molecule has 9 heteroatoms. The second-order valence-corrected chi connectivity index (χ2v) is 11.8. The maximum atomic E-state index is 11.5. The van der Waals surface area contributed by atoms with E-state index in [-0.39, 0.29) is 17.8 Å². The van der Waals surface area contributed by atoms with Crippen LogP contribution in [0.5, 0.6) is 5.75 Å². The van der Waals surface area contributed by atoms with Crippen molar-refractivity contribution < 1.29 is 23.7 Å². The summed E-state index contributed by atoms with van der Waals surface area (Å²) in [5.74, 6) is -0.461. The van der Waals surface area contributed by atoms with E-state index in [0.717, 1.165) is 42.0 Å². The normalized spacial score (nSPS) is 21.3. The number of para-hydroxylation sites is 1. The van der Waals surface area contributed by atoms with Gasteiger partial charge in [0.25, 0.3) is 0 Å². The number of carbonyl (C=O) groups is 1. The fourth-order valence-corrected chi connectivity index (χ4v) is 7.23. The molecule has 0 fully saturated rings. The Labute approximate surface area is 208 Å². The molecule has 7 nitrogen and oxygen atoms in total. The molecular weight excluding hydrogens is 472 g/mol. The second-order valence-electron chi connectivity index (χ2n) is 8.92. The van der Waals surface area contributed by atoms with Gasteiger partial charge < -0.3 is 20.5 Å². The minimum atomic E-state index is -3.15. The Morgan fingerprint density at radius 1 is 1.26 bits per heavy atom. The van der Waals surface area contributed by atoms with E-state index in [4.69, 9.17) is 15.6 Å². The summed E-state index contributed by atoms with van der Waals surface area (Å²) in [6.07, 6.45) is 5.69. The first-order chi connectivity index (χ1) is 16.2. The van der Waals surface area contributed by atoms with Crippen molar-refractivity contribution in [1.82, 2.24) is 0 Å². The van der Waals surface area contributed by atoms with E-state index in [1.54, 1.807) is 6.07 Å². The quantitative estimate of drug-likeness (QED) is 0.287. The summed E-state index contributed by atoms with van der Waals surface area (Å²) in [6, 6.07) is 12.4. The molecule has 0 spiro atoms. The van der Waals surface area contributed by atoms with Crippen LogP contribution >= 0.6 is 22.4 Å². The minimum Gasteiger partial charge on any atom is -0.490 e. The molecule has 0 amide bonds. The zero-order chi connectivity index (χ0) is 24.9. The number of benzene rings is 2. The standard InChI is InChI=1S/C25H36N2O5S2/c1-4-6-12-25(5-2)16-27(18-10-8-7-9-11-18)20-13-22(33-3)21(32-15-19(26)24(28)29)14-23(20)34(30,31)17-25/h7-11,13-14,19,30-31H,4-6,12,15-17,26H2,1-3H3,(H,28,29)/t19-,25+/m1/s1. The van der Waals surface area contributed by atoms with Crippen LogP contribution in [0.2, 0.25) is 0 Å². The van der Waals surface area contributed by atoms with Crippen molar-refractivity contribution in [2.75, 3.05) is 30.1 Å². The summed E-state index contributed by atoms with van der Waals surface area (Å²) in [6.45, 7) is 4.74. The van der Waals surface area contributed by atoms with Gasteiger partial charge in [-0.15, -0.1) is 11.8 Å². The summed E-state index contributed by atoms with van der Waals surface area (Å²) in [4.78, 5) is 14.6. The minimum absolute atomic E-state index is 0.210. The number of ether oxygens (including phenoxy) is 1. The lowest BCUT2D eigenvalue weighted by molar-refractivity contribution is -0.139. The summed E-state index contributed by atoms with van der Waals surface area (Å²) in [5.41, 5.74) is 7.11. The highest BCUT2D eigenvalue weighted by molar-refractivity contribution is 8.24. The van der Waals surface area contributed by atoms with E-state index in [2.05, 4.69) is 18.7 Å². The Hall–Kier alpha value is -1.91. The Kier molecular flexibility index (Phi) is 8.81. The number of fused-ring (bicyclic) bond motifs is 1. The summed E-state index contributed by atoms with van der Waals surface area (Å²) in [7, 11) is -3.15. The lowest BCUT2D eigenvalue weighted by atomic mass is 9.81. The first-order valence-electron chi connectivity index (χ1n) is 11.6. The zero-order valence-corrected chi connectivity index (χ0v) is 21.7. The molecule has 188 valence electrons. The topological polar surface area (TPSA) is 116 Å². The average Bonchev–Trinajstić information content (AvgIpc) is 2.93. The largest absolute Gasteiger partial charge is 0.490 e. The van der Waals surface area contributed by atoms with Crippen LogP contribution in [0.4, 0.5) is 11.4 Å². The number of thioether (sulfide) groups is 1. The monoisotopic (exact) mass is 508 g/mol. The molecular formula is C25H36N2O5S2. The van der Waals surface area contributed by atoms with E-state index in [1.165, 1.54) is 11.8 Å². The number of aliphatic carboxylic acids is 1. The van der Waals surface area contributed by atoms with Crippen molar-refractivity contribution >= 4 is 39.7 Å².